The van der Waals surface area contributed by atoms with Crippen molar-refractivity contribution < 1.29 is 9.47 Å². The molecule has 7 nitrogen and oxygen atoms in total. The van der Waals surface area contributed by atoms with Crippen molar-refractivity contribution in [3.8, 4) is 17.2 Å². The molecule has 1 saturated heterocycles. The van der Waals surface area contributed by atoms with Gasteiger partial charge in [0.1, 0.15) is 0 Å². The molecule has 1 N–H and O–H groups in total. The van der Waals surface area contributed by atoms with Crippen molar-refractivity contribution in [1.82, 2.24) is 24.8 Å². The number of ether oxygens (including phenoxy) is 2. The number of hydrogen-bond acceptors (Lipinski definition) is 5. The summed E-state index contributed by atoms with van der Waals surface area (Å²) >= 11 is 5.85. The normalized spacial score (nSPS) is 18.7. The lowest BCUT2D eigenvalue weighted by Crippen LogP contribution is -2.29. The summed E-state index contributed by atoms with van der Waals surface area (Å²) in [7, 11) is 0. The number of nitrogens with one attached hydrogen (secondary N) is 1. The van der Waals surface area contributed by atoms with E-state index in [0.717, 1.165) is 39.8 Å². The van der Waals surface area contributed by atoms with Crippen LogP contribution in [0.25, 0.3) is 5.69 Å². The average Bonchev–Trinajstić information content (AvgIpc) is 3.56. The lowest BCUT2D eigenvalue weighted by atomic mass is 9.96. The molecule has 6 rings (SSSR count). The first-order valence-corrected chi connectivity index (χ1v) is 12.0. The zero-order valence-corrected chi connectivity index (χ0v) is 20.3. The topological polar surface area (TPSA) is 64.4 Å². The quantitative estimate of drug-likeness (QED) is 0.410. The zero-order valence-electron chi connectivity index (χ0n) is 19.5. The van der Waals surface area contributed by atoms with Crippen LogP contribution in [0.4, 0.5) is 0 Å². The van der Waals surface area contributed by atoms with E-state index in [-0.39, 0.29) is 18.9 Å². The molecule has 0 saturated carbocycles. The van der Waals surface area contributed by atoms with E-state index >= 15 is 0 Å². The van der Waals surface area contributed by atoms with Crippen LogP contribution in [0.2, 0.25) is 0 Å². The Balaban J connectivity index is 1.45. The maximum Gasteiger partial charge on any atom is 0.231 e. The predicted octanol–water partition coefficient (Wildman–Crippen LogP) is 4.79. The van der Waals surface area contributed by atoms with Gasteiger partial charge in [0.25, 0.3) is 0 Å². The van der Waals surface area contributed by atoms with E-state index < -0.39 is 0 Å². The fourth-order valence-corrected chi connectivity index (χ4v) is 5.42. The molecule has 0 aliphatic carbocycles. The summed E-state index contributed by atoms with van der Waals surface area (Å²) in [5.41, 5.74) is 6.59. The van der Waals surface area contributed by atoms with Crippen molar-refractivity contribution in [3.05, 3.63) is 101 Å². The molecular formula is C27H25N5O2S. The highest BCUT2D eigenvalue weighted by molar-refractivity contribution is 7.80. The number of thiocarbonyl (C=S) groups is 1. The number of fused-ring (bicyclic) bond motifs is 1. The molecule has 1 aromatic carbocycles. The van der Waals surface area contributed by atoms with Crippen LogP contribution in [0.1, 0.15) is 40.3 Å². The number of nitrogens with zero attached hydrogens (tertiary/aromatic N) is 4. The van der Waals surface area contributed by atoms with Crippen LogP contribution in [0.15, 0.2) is 73.2 Å². The molecule has 0 radical (unpaired) electrons. The first-order valence-electron chi connectivity index (χ1n) is 11.6. The third kappa shape index (κ3) is 3.80. The summed E-state index contributed by atoms with van der Waals surface area (Å²) in [5.74, 6) is 1.55. The van der Waals surface area contributed by atoms with E-state index in [4.69, 9.17) is 21.7 Å². The molecule has 2 aliphatic heterocycles. The van der Waals surface area contributed by atoms with Gasteiger partial charge in [0.05, 0.1) is 17.8 Å². The van der Waals surface area contributed by atoms with Gasteiger partial charge in [-0.15, -0.1) is 0 Å². The van der Waals surface area contributed by atoms with Gasteiger partial charge in [0, 0.05) is 48.3 Å². The van der Waals surface area contributed by atoms with Crippen LogP contribution in [0.5, 0.6) is 11.5 Å². The number of hydrogen-bond donors (Lipinski definition) is 1. The van der Waals surface area contributed by atoms with Crippen LogP contribution in [-0.4, -0.2) is 31.3 Å². The molecule has 0 bridgehead atoms. The fourth-order valence-electron chi connectivity index (χ4n) is 5.11. The van der Waals surface area contributed by atoms with E-state index in [0.29, 0.717) is 11.7 Å². The summed E-state index contributed by atoms with van der Waals surface area (Å²) < 4.78 is 13.4. The van der Waals surface area contributed by atoms with Crippen LogP contribution in [-0.2, 0) is 6.54 Å². The lowest BCUT2D eigenvalue weighted by Gasteiger charge is -2.28. The number of benzene rings is 1. The second kappa shape index (κ2) is 8.70. The highest BCUT2D eigenvalue weighted by Crippen LogP contribution is 2.43. The molecule has 2 atom stereocenters. The van der Waals surface area contributed by atoms with Gasteiger partial charge < -0.3 is 24.3 Å². The van der Waals surface area contributed by atoms with Crippen molar-refractivity contribution in [2.45, 2.75) is 32.5 Å². The Kier molecular flexibility index (Phi) is 5.37. The first-order chi connectivity index (χ1) is 17.1. The van der Waals surface area contributed by atoms with Crippen molar-refractivity contribution in [2.75, 3.05) is 6.79 Å². The van der Waals surface area contributed by atoms with Crippen molar-refractivity contribution >= 4 is 17.3 Å². The van der Waals surface area contributed by atoms with Crippen molar-refractivity contribution in [2.24, 2.45) is 0 Å². The third-order valence-corrected chi connectivity index (χ3v) is 7.03. The molecule has 2 aliphatic rings. The Morgan fingerprint density at radius 1 is 1.03 bits per heavy atom. The number of aromatic nitrogens is 3. The number of aryl methyl sites for hydroxylation is 1. The number of rotatable bonds is 5. The minimum atomic E-state index is -0.0777. The Morgan fingerprint density at radius 3 is 2.71 bits per heavy atom. The predicted molar refractivity (Wildman–Crippen MR) is 137 cm³/mol. The Morgan fingerprint density at radius 2 is 1.91 bits per heavy atom. The van der Waals surface area contributed by atoms with E-state index in [1.54, 1.807) is 6.20 Å². The largest absolute Gasteiger partial charge is 0.454 e. The van der Waals surface area contributed by atoms with Gasteiger partial charge >= 0.3 is 0 Å². The minimum Gasteiger partial charge on any atom is -0.454 e. The summed E-state index contributed by atoms with van der Waals surface area (Å²) in [6, 6.07) is 18.3. The summed E-state index contributed by atoms with van der Waals surface area (Å²) in [6.45, 7) is 5.20. The smallest absolute Gasteiger partial charge is 0.231 e. The van der Waals surface area contributed by atoms with Crippen LogP contribution in [0.3, 0.4) is 0 Å². The molecule has 0 amide bonds. The second-order valence-electron chi connectivity index (χ2n) is 8.82. The second-order valence-corrected chi connectivity index (χ2v) is 9.20. The van der Waals surface area contributed by atoms with Crippen molar-refractivity contribution in [1.29, 1.82) is 0 Å². The van der Waals surface area contributed by atoms with E-state index in [9.17, 15) is 0 Å². The standard InChI is InChI=1S/C27H25N5O2S/c1-17-12-21(18(2)32(17)20-8-9-23-24(13-20)34-16-33-23)26-25(22-7-3-4-11-29-22)30-27(35)31(26)15-19-6-5-10-28-14-19/h3-14,25-26H,15-16H2,1-2H3,(H,30,35)/t25-,26-/m1/s1. The van der Waals surface area contributed by atoms with Gasteiger partial charge in [0.2, 0.25) is 6.79 Å². The van der Waals surface area contributed by atoms with Gasteiger partial charge in [-0.25, -0.2) is 0 Å². The Labute approximate surface area is 209 Å². The van der Waals surface area contributed by atoms with Crippen LogP contribution in [0, 0.1) is 13.8 Å². The monoisotopic (exact) mass is 483 g/mol. The maximum absolute atomic E-state index is 5.85. The van der Waals surface area contributed by atoms with Gasteiger partial charge in [-0.3, -0.25) is 9.97 Å². The first kappa shape index (κ1) is 21.6. The maximum atomic E-state index is 5.85. The molecule has 0 unspecified atom stereocenters. The van der Waals surface area contributed by atoms with Gasteiger partial charge in [-0.1, -0.05) is 12.1 Å². The molecule has 4 aromatic rings. The summed E-state index contributed by atoms with van der Waals surface area (Å²) in [6.07, 6.45) is 5.51. The van der Waals surface area contributed by atoms with Crippen LogP contribution >= 0.6 is 12.2 Å². The summed E-state index contributed by atoms with van der Waals surface area (Å²) in [4.78, 5) is 11.2. The Bertz CT molecular complexity index is 1390. The molecule has 5 heterocycles. The van der Waals surface area contributed by atoms with Crippen molar-refractivity contribution in [3.63, 3.8) is 0 Å². The van der Waals surface area contributed by atoms with Gasteiger partial charge in [-0.2, -0.15) is 0 Å². The molecule has 8 heteroatoms. The molecule has 3 aromatic heterocycles. The highest BCUT2D eigenvalue weighted by atomic mass is 32.1. The van der Waals surface area contributed by atoms with Crippen LogP contribution < -0.4 is 14.8 Å². The zero-order chi connectivity index (χ0) is 23.9. The van der Waals surface area contributed by atoms with Gasteiger partial charge in [0.15, 0.2) is 16.6 Å². The fraction of sp³-hybridized carbons (Fsp3) is 0.222. The molecule has 35 heavy (non-hydrogen) atoms. The summed E-state index contributed by atoms with van der Waals surface area (Å²) in [5, 5.41) is 4.26. The minimum absolute atomic E-state index is 0.0356. The molecule has 1 fully saturated rings. The average molecular weight is 484 g/mol. The highest BCUT2D eigenvalue weighted by Gasteiger charge is 2.41. The number of pyridine rings is 2. The lowest BCUT2D eigenvalue weighted by molar-refractivity contribution is 0.174. The third-order valence-electron chi connectivity index (χ3n) is 6.68. The molecule has 176 valence electrons. The molecular weight excluding hydrogens is 458 g/mol. The van der Waals surface area contributed by atoms with E-state index in [1.165, 1.54) is 5.56 Å². The SMILES string of the molecule is Cc1cc([C@@H]2[C@@H](c3ccccn3)NC(=S)N2Cc2cccnc2)c(C)n1-c1ccc2c(c1)OCO2. The van der Waals surface area contributed by atoms with E-state index in [2.05, 4.69) is 62.9 Å². The van der Waals surface area contributed by atoms with E-state index in [1.807, 2.05) is 42.7 Å². The molecule has 0 spiro atoms. The van der Waals surface area contributed by atoms with Gasteiger partial charge in [-0.05, 0) is 73.6 Å². The Hall–Kier alpha value is -3.91.